The van der Waals surface area contributed by atoms with E-state index in [1.165, 1.54) is 17.1 Å². The van der Waals surface area contributed by atoms with Crippen LogP contribution in [0.4, 0.5) is 13.2 Å². The molecule has 9 heteroatoms. The fourth-order valence-electron chi connectivity index (χ4n) is 1.67. The number of aromatic nitrogens is 3. The van der Waals surface area contributed by atoms with Gasteiger partial charge in [0.05, 0.1) is 17.7 Å². The Hall–Kier alpha value is -1.90. The largest absolute Gasteiger partial charge is 0.417 e. The zero-order valence-corrected chi connectivity index (χ0v) is 12.4. The van der Waals surface area contributed by atoms with E-state index in [1.807, 2.05) is 0 Å². The summed E-state index contributed by atoms with van der Waals surface area (Å²) in [6.45, 7) is -0.0486. The molecule has 0 spiro atoms. The number of hydrogen-bond donors (Lipinski definition) is 1. The molecule has 0 bridgehead atoms. The van der Waals surface area contributed by atoms with Crippen molar-refractivity contribution in [3.8, 4) is 0 Å². The highest BCUT2D eigenvalue weighted by Gasteiger charge is 2.35. The second kappa shape index (κ2) is 5.84. The summed E-state index contributed by atoms with van der Waals surface area (Å²) in [6.07, 6.45) is -3.18. The van der Waals surface area contributed by atoms with Gasteiger partial charge in [-0.15, -0.1) is 0 Å². The number of nitrogens with zero attached hydrogens (tertiary/aromatic N) is 3. The number of rotatable bonds is 3. The first-order chi connectivity index (χ1) is 9.77. The minimum absolute atomic E-state index is 0.0486. The van der Waals surface area contributed by atoms with Gasteiger partial charge in [0.1, 0.15) is 6.33 Å². The van der Waals surface area contributed by atoms with Gasteiger partial charge in [-0.1, -0.05) is 15.9 Å². The summed E-state index contributed by atoms with van der Waals surface area (Å²) in [4.78, 5) is 15.8. The van der Waals surface area contributed by atoms with Crippen LogP contribution in [-0.2, 0) is 19.8 Å². The van der Waals surface area contributed by atoms with E-state index in [0.29, 0.717) is 5.82 Å². The van der Waals surface area contributed by atoms with Crippen molar-refractivity contribution < 1.29 is 18.0 Å². The van der Waals surface area contributed by atoms with Gasteiger partial charge >= 0.3 is 6.18 Å². The highest BCUT2D eigenvalue weighted by atomic mass is 79.9. The molecule has 0 aliphatic heterocycles. The highest BCUT2D eigenvalue weighted by Crippen LogP contribution is 2.33. The van der Waals surface area contributed by atoms with Crippen molar-refractivity contribution in [1.82, 2.24) is 20.1 Å². The Bertz CT molecular complexity index is 669. The van der Waals surface area contributed by atoms with E-state index >= 15 is 0 Å². The van der Waals surface area contributed by atoms with Crippen LogP contribution in [0.5, 0.6) is 0 Å². The van der Waals surface area contributed by atoms with E-state index in [0.717, 1.165) is 12.1 Å². The van der Waals surface area contributed by atoms with Crippen molar-refractivity contribution in [2.45, 2.75) is 12.7 Å². The van der Waals surface area contributed by atoms with Gasteiger partial charge < -0.3 is 5.32 Å². The first kappa shape index (κ1) is 15.5. The van der Waals surface area contributed by atoms with Crippen molar-refractivity contribution in [1.29, 1.82) is 0 Å². The van der Waals surface area contributed by atoms with Crippen LogP contribution < -0.4 is 5.32 Å². The Balaban J connectivity index is 2.19. The molecule has 5 nitrogen and oxygen atoms in total. The molecule has 1 aromatic heterocycles. The summed E-state index contributed by atoms with van der Waals surface area (Å²) in [7, 11) is 1.65. The number of benzene rings is 1. The molecule has 21 heavy (non-hydrogen) atoms. The van der Waals surface area contributed by atoms with Crippen LogP contribution in [0.25, 0.3) is 0 Å². The van der Waals surface area contributed by atoms with Crippen LogP contribution in [0.1, 0.15) is 21.7 Å². The zero-order chi connectivity index (χ0) is 15.6. The average Bonchev–Trinajstić information content (AvgIpc) is 2.81. The molecular formula is C12H10BrF3N4O. The van der Waals surface area contributed by atoms with Gasteiger partial charge in [-0.3, -0.25) is 9.48 Å². The molecule has 0 fully saturated rings. The zero-order valence-electron chi connectivity index (χ0n) is 10.8. The lowest BCUT2D eigenvalue weighted by Gasteiger charge is -2.12. The molecule has 2 aromatic rings. The molecule has 0 aliphatic carbocycles. The molecule has 1 aromatic carbocycles. The minimum atomic E-state index is -4.61. The topological polar surface area (TPSA) is 59.8 Å². The number of alkyl halides is 3. The molecule has 1 amide bonds. The van der Waals surface area contributed by atoms with Gasteiger partial charge in [0.25, 0.3) is 5.91 Å². The molecule has 0 radical (unpaired) electrons. The number of carbonyl (C=O) groups is 1. The third-order valence-electron chi connectivity index (χ3n) is 2.59. The molecule has 2 rings (SSSR count). The lowest BCUT2D eigenvalue weighted by molar-refractivity contribution is -0.138. The van der Waals surface area contributed by atoms with E-state index in [-0.39, 0.29) is 11.0 Å². The van der Waals surface area contributed by atoms with E-state index in [9.17, 15) is 18.0 Å². The Labute approximate surface area is 126 Å². The monoisotopic (exact) mass is 362 g/mol. The number of amides is 1. The lowest BCUT2D eigenvalue weighted by atomic mass is 10.1. The summed E-state index contributed by atoms with van der Waals surface area (Å²) < 4.78 is 40.5. The average molecular weight is 363 g/mol. The molecular weight excluding hydrogens is 353 g/mol. The quantitative estimate of drug-likeness (QED) is 0.912. The van der Waals surface area contributed by atoms with Gasteiger partial charge in [0.15, 0.2) is 5.82 Å². The molecule has 1 N–H and O–H groups in total. The number of halogens is 4. The van der Waals surface area contributed by atoms with E-state index in [4.69, 9.17) is 0 Å². The summed E-state index contributed by atoms with van der Waals surface area (Å²) in [5.74, 6) is -0.515. The van der Waals surface area contributed by atoms with Gasteiger partial charge in [0.2, 0.25) is 0 Å². The Kier molecular flexibility index (Phi) is 4.31. The van der Waals surface area contributed by atoms with Crippen LogP contribution in [0, 0.1) is 0 Å². The fraction of sp³-hybridized carbons (Fsp3) is 0.250. The van der Waals surface area contributed by atoms with Crippen molar-refractivity contribution in [2.75, 3.05) is 0 Å². The van der Waals surface area contributed by atoms with E-state index in [2.05, 4.69) is 31.3 Å². The summed E-state index contributed by atoms with van der Waals surface area (Å²) >= 11 is 2.96. The third kappa shape index (κ3) is 3.81. The smallest absolute Gasteiger partial charge is 0.345 e. The molecule has 0 saturated carbocycles. The maximum absolute atomic E-state index is 12.9. The number of carbonyl (C=O) groups excluding carboxylic acids is 1. The van der Waals surface area contributed by atoms with Crippen molar-refractivity contribution in [3.05, 3.63) is 46.0 Å². The molecule has 0 atom stereocenters. The van der Waals surface area contributed by atoms with Gasteiger partial charge in [0, 0.05) is 11.5 Å². The second-order valence-electron chi connectivity index (χ2n) is 4.20. The predicted molar refractivity (Wildman–Crippen MR) is 71.3 cm³/mol. The van der Waals surface area contributed by atoms with E-state index < -0.39 is 23.2 Å². The number of nitrogens with one attached hydrogen (secondary N) is 1. The summed E-state index contributed by atoms with van der Waals surface area (Å²) in [5, 5.41) is 6.29. The van der Waals surface area contributed by atoms with E-state index in [1.54, 1.807) is 7.05 Å². The maximum Gasteiger partial charge on any atom is 0.417 e. The molecule has 0 saturated heterocycles. The predicted octanol–water partition coefficient (Wildman–Crippen LogP) is 2.53. The highest BCUT2D eigenvalue weighted by molar-refractivity contribution is 9.10. The first-order valence-electron chi connectivity index (χ1n) is 5.77. The molecule has 1 heterocycles. The van der Waals surface area contributed by atoms with Crippen LogP contribution in [0.15, 0.2) is 29.0 Å². The minimum Gasteiger partial charge on any atom is -0.345 e. The number of aryl methyl sites for hydroxylation is 1. The number of hydrogen-bond acceptors (Lipinski definition) is 3. The third-order valence-corrected chi connectivity index (χ3v) is 3.08. The second-order valence-corrected chi connectivity index (χ2v) is 5.12. The van der Waals surface area contributed by atoms with Crippen LogP contribution >= 0.6 is 15.9 Å². The summed E-state index contributed by atoms with van der Waals surface area (Å²) in [6, 6.07) is 3.37. The molecule has 112 valence electrons. The normalized spacial score (nSPS) is 11.5. The van der Waals surface area contributed by atoms with Crippen molar-refractivity contribution in [2.24, 2.45) is 7.05 Å². The van der Waals surface area contributed by atoms with Crippen LogP contribution in [-0.4, -0.2) is 20.7 Å². The van der Waals surface area contributed by atoms with Gasteiger partial charge in [-0.25, -0.2) is 4.98 Å². The fourth-order valence-corrected chi connectivity index (χ4v) is 2.03. The SMILES string of the molecule is Cn1cnc(CNC(=O)c2ccc(Br)cc2C(F)(F)F)n1. The van der Waals surface area contributed by atoms with Crippen LogP contribution in [0.3, 0.4) is 0 Å². The Morgan fingerprint density at radius 1 is 1.43 bits per heavy atom. The van der Waals surface area contributed by atoms with Crippen molar-refractivity contribution >= 4 is 21.8 Å². The summed E-state index contributed by atoms with van der Waals surface area (Å²) in [5.41, 5.74) is -1.44. The Morgan fingerprint density at radius 3 is 2.71 bits per heavy atom. The van der Waals surface area contributed by atoms with Crippen molar-refractivity contribution in [3.63, 3.8) is 0 Å². The Morgan fingerprint density at radius 2 is 2.14 bits per heavy atom. The standard InChI is InChI=1S/C12H10BrF3N4O/c1-20-6-18-10(19-20)5-17-11(21)8-3-2-7(13)4-9(8)12(14,15)16/h2-4,6H,5H2,1H3,(H,17,21). The van der Waals surface area contributed by atoms with Crippen LogP contribution in [0.2, 0.25) is 0 Å². The maximum atomic E-state index is 12.9. The van der Waals surface area contributed by atoms with Gasteiger partial charge in [-0.05, 0) is 18.2 Å². The van der Waals surface area contributed by atoms with Gasteiger partial charge in [-0.2, -0.15) is 18.3 Å². The molecule has 0 aliphatic rings. The first-order valence-corrected chi connectivity index (χ1v) is 6.56. The molecule has 0 unspecified atom stereocenters. The lowest BCUT2D eigenvalue weighted by Crippen LogP contribution is -2.26.